The molecule has 1 spiro atoms. The molecule has 0 bridgehead atoms. The molecule has 2 aliphatic rings. The van der Waals surface area contributed by atoms with Crippen LogP contribution in [0.1, 0.15) is 23.5 Å². The van der Waals surface area contributed by atoms with Crippen molar-refractivity contribution in [1.82, 2.24) is 4.90 Å². The third-order valence-corrected chi connectivity index (χ3v) is 5.74. The molecule has 1 saturated heterocycles. The van der Waals surface area contributed by atoms with Crippen molar-refractivity contribution in [3.8, 4) is 0 Å². The minimum Gasteiger partial charge on any atom is -0.313 e. The van der Waals surface area contributed by atoms with Gasteiger partial charge in [-0.2, -0.15) is 0 Å². The maximum Gasteiger partial charge on any atom is 0.258 e. The summed E-state index contributed by atoms with van der Waals surface area (Å²) in [5.74, 6) is -1.00. The SMILES string of the molecule is CN1C(=O)[C@]2(c3ccccc31)[C@H](c1ccc(Br)cc1)CC(=O)N2C=O. The zero-order valence-electron chi connectivity index (χ0n) is 13.5. The van der Waals surface area contributed by atoms with Crippen LogP contribution in [0.15, 0.2) is 53.0 Å². The van der Waals surface area contributed by atoms with Crippen molar-refractivity contribution in [3.63, 3.8) is 0 Å². The van der Waals surface area contributed by atoms with Crippen LogP contribution in [0.4, 0.5) is 5.69 Å². The minimum atomic E-state index is -1.31. The van der Waals surface area contributed by atoms with Crippen LogP contribution in [0.2, 0.25) is 0 Å². The van der Waals surface area contributed by atoms with Gasteiger partial charge in [0.05, 0.1) is 0 Å². The number of halogens is 1. The van der Waals surface area contributed by atoms with E-state index >= 15 is 0 Å². The summed E-state index contributed by atoms with van der Waals surface area (Å²) in [5, 5.41) is 0. The first kappa shape index (κ1) is 16.0. The van der Waals surface area contributed by atoms with Crippen molar-refractivity contribution in [3.05, 3.63) is 64.1 Å². The van der Waals surface area contributed by atoms with Crippen LogP contribution in [0.3, 0.4) is 0 Å². The number of nitrogens with zero attached hydrogens (tertiary/aromatic N) is 2. The summed E-state index contributed by atoms with van der Waals surface area (Å²) >= 11 is 3.40. The van der Waals surface area contributed by atoms with Crippen molar-refractivity contribution in [2.45, 2.75) is 17.9 Å². The molecular weight excluding hydrogens is 384 g/mol. The van der Waals surface area contributed by atoms with E-state index in [-0.39, 0.29) is 18.2 Å². The van der Waals surface area contributed by atoms with Crippen molar-refractivity contribution in [1.29, 1.82) is 0 Å². The van der Waals surface area contributed by atoms with Gasteiger partial charge in [0.25, 0.3) is 5.91 Å². The van der Waals surface area contributed by atoms with Crippen LogP contribution >= 0.6 is 15.9 Å². The Labute approximate surface area is 153 Å². The van der Waals surface area contributed by atoms with E-state index in [4.69, 9.17) is 0 Å². The normalized spacial score (nSPS) is 25.0. The molecule has 25 heavy (non-hydrogen) atoms. The monoisotopic (exact) mass is 398 g/mol. The molecule has 0 radical (unpaired) electrons. The molecule has 0 aromatic heterocycles. The fourth-order valence-electron chi connectivity index (χ4n) is 4.12. The van der Waals surface area contributed by atoms with Crippen molar-refractivity contribution < 1.29 is 14.4 Å². The van der Waals surface area contributed by atoms with Crippen molar-refractivity contribution >= 4 is 39.8 Å². The summed E-state index contributed by atoms with van der Waals surface area (Å²) < 4.78 is 0.914. The van der Waals surface area contributed by atoms with Crippen LogP contribution in [-0.4, -0.2) is 30.2 Å². The van der Waals surface area contributed by atoms with Gasteiger partial charge in [-0.15, -0.1) is 0 Å². The zero-order valence-corrected chi connectivity index (χ0v) is 15.1. The number of fused-ring (bicyclic) bond motifs is 2. The second-order valence-electron chi connectivity index (χ2n) is 6.33. The Balaban J connectivity index is 2.00. The molecule has 2 aliphatic heterocycles. The lowest BCUT2D eigenvalue weighted by Gasteiger charge is -2.34. The number of carbonyl (C=O) groups is 3. The number of amides is 3. The van der Waals surface area contributed by atoms with Gasteiger partial charge in [-0.05, 0) is 23.8 Å². The Morgan fingerprint density at radius 3 is 2.48 bits per heavy atom. The number of anilines is 1. The van der Waals surface area contributed by atoms with E-state index < -0.39 is 11.5 Å². The summed E-state index contributed by atoms with van der Waals surface area (Å²) in [6.07, 6.45) is 0.614. The Bertz CT molecular complexity index is 896. The van der Waals surface area contributed by atoms with E-state index in [2.05, 4.69) is 15.9 Å². The van der Waals surface area contributed by atoms with Gasteiger partial charge in [0.2, 0.25) is 12.3 Å². The van der Waals surface area contributed by atoms with Gasteiger partial charge in [0, 0.05) is 35.1 Å². The number of para-hydroxylation sites is 1. The lowest BCUT2D eigenvalue weighted by Crippen LogP contribution is -2.52. The summed E-state index contributed by atoms with van der Waals surface area (Å²) in [5.41, 5.74) is 0.988. The van der Waals surface area contributed by atoms with E-state index in [1.54, 1.807) is 7.05 Å². The van der Waals surface area contributed by atoms with E-state index in [1.165, 1.54) is 4.90 Å². The second-order valence-corrected chi connectivity index (χ2v) is 7.24. The predicted octanol–water partition coefficient (Wildman–Crippen LogP) is 2.79. The predicted molar refractivity (Wildman–Crippen MR) is 95.9 cm³/mol. The van der Waals surface area contributed by atoms with Gasteiger partial charge in [-0.3, -0.25) is 19.3 Å². The topological polar surface area (TPSA) is 57.7 Å². The van der Waals surface area contributed by atoms with Crippen LogP contribution in [-0.2, 0) is 19.9 Å². The molecule has 0 saturated carbocycles. The molecule has 2 heterocycles. The Morgan fingerprint density at radius 2 is 1.80 bits per heavy atom. The van der Waals surface area contributed by atoms with Gasteiger partial charge in [-0.1, -0.05) is 46.3 Å². The van der Waals surface area contributed by atoms with Crippen LogP contribution in [0, 0.1) is 0 Å². The number of rotatable bonds is 2. The molecule has 0 unspecified atom stereocenters. The average molecular weight is 399 g/mol. The van der Waals surface area contributed by atoms with Gasteiger partial charge >= 0.3 is 0 Å². The molecule has 126 valence electrons. The highest BCUT2D eigenvalue weighted by Crippen LogP contribution is 2.56. The first-order valence-electron chi connectivity index (χ1n) is 7.92. The molecule has 2 atom stereocenters. The minimum absolute atomic E-state index is 0.119. The quantitative estimate of drug-likeness (QED) is 0.730. The fourth-order valence-corrected chi connectivity index (χ4v) is 4.38. The van der Waals surface area contributed by atoms with E-state index in [1.807, 2.05) is 48.5 Å². The highest BCUT2D eigenvalue weighted by molar-refractivity contribution is 9.10. The Morgan fingerprint density at radius 1 is 1.12 bits per heavy atom. The number of benzene rings is 2. The smallest absolute Gasteiger partial charge is 0.258 e. The molecule has 2 aromatic carbocycles. The van der Waals surface area contributed by atoms with Crippen LogP contribution in [0.25, 0.3) is 0 Å². The van der Waals surface area contributed by atoms with Gasteiger partial charge in [0.1, 0.15) is 0 Å². The van der Waals surface area contributed by atoms with E-state index in [0.29, 0.717) is 12.0 Å². The largest absolute Gasteiger partial charge is 0.313 e. The molecular formula is C19H15BrN2O3. The Hall–Kier alpha value is -2.47. The lowest BCUT2D eigenvalue weighted by molar-refractivity contribution is -0.146. The van der Waals surface area contributed by atoms with E-state index in [0.717, 1.165) is 20.6 Å². The summed E-state index contributed by atoms with van der Waals surface area (Å²) in [7, 11) is 1.68. The van der Waals surface area contributed by atoms with Gasteiger partial charge in [0.15, 0.2) is 5.54 Å². The third-order valence-electron chi connectivity index (χ3n) is 5.22. The highest BCUT2D eigenvalue weighted by Gasteiger charge is 2.64. The zero-order chi connectivity index (χ0) is 17.8. The maximum atomic E-state index is 13.3. The second kappa shape index (κ2) is 5.52. The highest BCUT2D eigenvalue weighted by atomic mass is 79.9. The number of imide groups is 1. The number of carbonyl (C=O) groups excluding carboxylic acids is 3. The summed E-state index contributed by atoms with van der Waals surface area (Å²) in [6.45, 7) is 0. The first-order chi connectivity index (χ1) is 12.0. The molecule has 2 aromatic rings. The molecule has 0 N–H and O–H groups in total. The maximum absolute atomic E-state index is 13.3. The fraction of sp³-hybridized carbons (Fsp3) is 0.211. The summed E-state index contributed by atoms with van der Waals surface area (Å²) in [4.78, 5) is 40.3. The molecule has 1 fully saturated rings. The number of likely N-dealkylation sites (tertiary alicyclic amines) is 1. The van der Waals surface area contributed by atoms with Gasteiger partial charge in [-0.25, -0.2) is 0 Å². The van der Waals surface area contributed by atoms with Crippen molar-refractivity contribution in [2.24, 2.45) is 0 Å². The Kier molecular flexibility index (Phi) is 3.54. The molecule has 6 heteroatoms. The molecule has 3 amide bonds. The van der Waals surface area contributed by atoms with E-state index in [9.17, 15) is 14.4 Å². The van der Waals surface area contributed by atoms with Gasteiger partial charge < -0.3 is 4.90 Å². The first-order valence-corrected chi connectivity index (χ1v) is 8.71. The lowest BCUT2D eigenvalue weighted by atomic mass is 9.76. The molecule has 4 rings (SSSR count). The molecule has 5 nitrogen and oxygen atoms in total. The average Bonchev–Trinajstić information content (AvgIpc) is 3.04. The number of hydrogen-bond acceptors (Lipinski definition) is 3. The summed E-state index contributed by atoms with van der Waals surface area (Å²) in [6, 6.07) is 14.9. The van der Waals surface area contributed by atoms with Crippen LogP contribution in [0.5, 0.6) is 0 Å². The number of hydrogen-bond donors (Lipinski definition) is 0. The van der Waals surface area contributed by atoms with Crippen molar-refractivity contribution in [2.75, 3.05) is 11.9 Å². The third kappa shape index (κ3) is 1.97. The standard InChI is InChI=1S/C19H15BrN2O3/c1-21-16-5-3-2-4-14(16)19(18(21)25)15(10-17(24)22(19)11-23)12-6-8-13(20)9-7-12/h2-9,11,15H,10H2,1H3/t15-,19-/m0/s1. The number of likely N-dealkylation sites (N-methyl/N-ethyl adjacent to an activating group) is 1. The van der Waals surface area contributed by atoms with Crippen LogP contribution < -0.4 is 4.90 Å². The molecule has 0 aliphatic carbocycles.